The number of likely N-dealkylation sites (N-methyl/N-ethyl adjacent to an activating group) is 1. The van der Waals surface area contributed by atoms with Crippen LogP contribution in [0.2, 0.25) is 0 Å². The largest absolute Gasteiger partial charge is 0.491 e. The number of benzene rings is 1. The van der Waals surface area contributed by atoms with Gasteiger partial charge in [-0.3, -0.25) is 4.79 Å². The summed E-state index contributed by atoms with van der Waals surface area (Å²) in [5.41, 5.74) is 1.07. The van der Waals surface area contributed by atoms with Gasteiger partial charge in [0.15, 0.2) is 0 Å². The normalized spacial score (nSPS) is 12.3. The number of carbonyl (C=O) groups is 1. The molecule has 0 spiro atoms. The first kappa shape index (κ1) is 14.5. The van der Waals surface area contributed by atoms with E-state index in [0.717, 1.165) is 11.3 Å². The van der Waals surface area contributed by atoms with Gasteiger partial charge in [-0.15, -0.1) is 0 Å². The molecule has 0 aromatic heterocycles. The fourth-order valence-corrected chi connectivity index (χ4v) is 1.66. The van der Waals surface area contributed by atoms with Gasteiger partial charge in [0.1, 0.15) is 11.8 Å². The lowest BCUT2D eigenvalue weighted by Crippen LogP contribution is -2.36. The zero-order valence-electron chi connectivity index (χ0n) is 11.4. The Morgan fingerprint density at radius 2 is 1.89 bits per heavy atom. The summed E-state index contributed by atoms with van der Waals surface area (Å²) in [7, 11) is 3.14. The lowest BCUT2D eigenvalue weighted by Gasteiger charge is -2.14. The average molecular weight is 251 g/mol. The van der Waals surface area contributed by atoms with E-state index in [1.54, 1.807) is 7.05 Å². The van der Waals surface area contributed by atoms with Crippen molar-refractivity contribution in [2.24, 2.45) is 0 Å². The van der Waals surface area contributed by atoms with Crippen LogP contribution in [0.3, 0.4) is 0 Å². The van der Waals surface area contributed by atoms with E-state index in [2.05, 4.69) is 5.32 Å². The van der Waals surface area contributed by atoms with E-state index in [1.807, 2.05) is 38.1 Å². The summed E-state index contributed by atoms with van der Waals surface area (Å²) in [5.74, 6) is 0.591. The number of rotatable bonds is 6. The van der Waals surface area contributed by atoms with Gasteiger partial charge in [-0.05, 0) is 45.0 Å². The number of esters is 1. The van der Waals surface area contributed by atoms with E-state index in [0.29, 0.717) is 6.42 Å². The maximum Gasteiger partial charge on any atom is 0.323 e. The maximum atomic E-state index is 11.5. The topological polar surface area (TPSA) is 47.6 Å². The fourth-order valence-electron chi connectivity index (χ4n) is 1.66. The molecule has 4 heteroatoms. The van der Waals surface area contributed by atoms with Gasteiger partial charge in [-0.1, -0.05) is 12.1 Å². The molecule has 1 rings (SSSR count). The van der Waals surface area contributed by atoms with E-state index in [-0.39, 0.29) is 18.1 Å². The molecule has 1 atom stereocenters. The molecule has 0 saturated heterocycles. The van der Waals surface area contributed by atoms with Crippen LogP contribution in [0.15, 0.2) is 24.3 Å². The van der Waals surface area contributed by atoms with E-state index in [9.17, 15) is 4.79 Å². The average Bonchev–Trinajstić information content (AvgIpc) is 2.36. The third-order valence-electron chi connectivity index (χ3n) is 2.57. The van der Waals surface area contributed by atoms with E-state index in [1.165, 1.54) is 7.11 Å². The van der Waals surface area contributed by atoms with Crippen LogP contribution in [0.5, 0.6) is 5.75 Å². The zero-order valence-corrected chi connectivity index (χ0v) is 11.4. The predicted molar refractivity (Wildman–Crippen MR) is 70.8 cm³/mol. The molecule has 4 nitrogen and oxygen atoms in total. The van der Waals surface area contributed by atoms with Crippen LogP contribution < -0.4 is 10.1 Å². The summed E-state index contributed by atoms with van der Waals surface area (Å²) in [6.07, 6.45) is 0.765. The first-order valence-corrected chi connectivity index (χ1v) is 6.07. The number of hydrogen-bond donors (Lipinski definition) is 1. The summed E-state index contributed by atoms with van der Waals surface area (Å²) in [6, 6.07) is 7.45. The predicted octanol–water partition coefficient (Wildman–Crippen LogP) is 1.78. The van der Waals surface area contributed by atoms with Crippen molar-refractivity contribution in [3.05, 3.63) is 29.8 Å². The highest BCUT2D eigenvalue weighted by molar-refractivity contribution is 5.76. The molecule has 1 aromatic carbocycles. The van der Waals surface area contributed by atoms with Gasteiger partial charge >= 0.3 is 5.97 Å². The molecular formula is C14H21NO3. The Hall–Kier alpha value is -1.55. The Kier molecular flexibility index (Phi) is 5.65. The maximum absolute atomic E-state index is 11.5. The van der Waals surface area contributed by atoms with Crippen LogP contribution in [0.25, 0.3) is 0 Å². The highest BCUT2D eigenvalue weighted by atomic mass is 16.5. The van der Waals surface area contributed by atoms with E-state index in [4.69, 9.17) is 9.47 Å². The van der Waals surface area contributed by atoms with Gasteiger partial charge in [0.05, 0.1) is 13.2 Å². The van der Waals surface area contributed by atoms with Gasteiger partial charge in [0.25, 0.3) is 0 Å². The molecule has 0 saturated carbocycles. The van der Waals surface area contributed by atoms with Gasteiger partial charge in [0.2, 0.25) is 0 Å². The first-order chi connectivity index (χ1) is 8.56. The smallest absolute Gasteiger partial charge is 0.323 e. The molecule has 0 radical (unpaired) electrons. The summed E-state index contributed by atoms with van der Waals surface area (Å²) in [5, 5.41) is 2.94. The van der Waals surface area contributed by atoms with Crippen molar-refractivity contribution in [1.29, 1.82) is 0 Å². The molecular weight excluding hydrogens is 230 g/mol. The minimum Gasteiger partial charge on any atom is -0.491 e. The van der Waals surface area contributed by atoms with Gasteiger partial charge < -0.3 is 14.8 Å². The zero-order chi connectivity index (χ0) is 13.5. The molecule has 1 N–H and O–H groups in total. The van der Waals surface area contributed by atoms with Crippen LogP contribution in [-0.4, -0.2) is 32.3 Å². The van der Waals surface area contributed by atoms with Crippen LogP contribution in [0.4, 0.5) is 0 Å². The number of methoxy groups -OCH3 is 1. The van der Waals surface area contributed by atoms with Crippen LogP contribution >= 0.6 is 0 Å². The number of carbonyl (C=O) groups excluding carboxylic acids is 1. The lowest BCUT2D eigenvalue weighted by molar-refractivity contribution is -0.142. The van der Waals surface area contributed by atoms with Crippen LogP contribution in [0, 0.1) is 0 Å². The monoisotopic (exact) mass is 251 g/mol. The Morgan fingerprint density at radius 1 is 1.28 bits per heavy atom. The minimum atomic E-state index is -0.313. The molecule has 0 unspecified atom stereocenters. The molecule has 0 fully saturated rings. The number of nitrogens with one attached hydrogen (secondary N) is 1. The third-order valence-corrected chi connectivity index (χ3v) is 2.57. The van der Waals surface area contributed by atoms with Crippen molar-refractivity contribution in [3.8, 4) is 5.75 Å². The molecule has 0 amide bonds. The van der Waals surface area contributed by atoms with Gasteiger partial charge in [-0.25, -0.2) is 0 Å². The molecule has 0 bridgehead atoms. The van der Waals surface area contributed by atoms with Crippen LogP contribution in [-0.2, 0) is 16.0 Å². The summed E-state index contributed by atoms with van der Waals surface area (Å²) >= 11 is 0. The van der Waals surface area contributed by atoms with Gasteiger partial charge in [-0.2, -0.15) is 0 Å². The van der Waals surface area contributed by atoms with Crippen LogP contribution in [0.1, 0.15) is 19.4 Å². The molecule has 0 aliphatic rings. The van der Waals surface area contributed by atoms with Crippen molar-refractivity contribution < 1.29 is 14.3 Å². The first-order valence-electron chi connectivity index (χ1n) is 6.07. The highest BCUT2D eigenvalue weighted by Crippen LogP contribution is 2.15. The fraction of sp³-hybridized carbons (Fsp3) is 0.500. The number of ether oxygens (including phenoxy) is 2. The van der Waals surface area contributed by atoms with Crippen molar-refractivity contribution in [2.75, 3.05) is 14.2 Å². The standard InChI is InChI=1S/C14H21NO3/c1-10(2)18-12-7-5-11(6-8-12)9-13(15-3)14(16)17-4/h5-8,10,13,15H,9H2,1-4H3/t13-/m0/s1. The molecule has 0 heterocycles. The van der Waals surface area contributed by atoms with Crippen molar-refractivity contribution in [3.63, 3.8) is 0 Å². The Bertz CT molecular complexity index is 373. The Morgan fingerprint density at radius 3 is 2.33 bits per heavy atom. The highest BCUT2D eigenvalue weighted by Gasteiger charge is 2.17. The summed E-state index contributed by atoms with van der Waals surface area (Å²) in [6.45, 7) is 3.98. The molecule has 100 valence electrons. The summed E-state index contributed by atoms with van der Waals surface area (Å²) in [4.78, 5) is 11.5. The quantitative estimate of drug-likeness (QED) is 0.783. The molecule has 18 heavy (non-hydrogen) atoms. The second kappa shape index (κ2) is 7.01. The molecule has 0 aliphatic heterocycles. The lowest BCUT2D eigenvalue weighted by atomic mass is 10.1. The van der Waals surface area contributed by atoms with Crippen molar-refractivity contribution >= 4 is 5.97 Å². The second-order valence-electron chi connectivity index (χ2n) is 4.38. The second-order valence-corrected chi connectivity index (χ2v) is 4.38. The third kappa shape index (κ3) is 4.37. The molecule has 0 aliphatic carbocycles. The Balaban J connectivity index is 2.64. The summed E-state index contributed by atoms with van der Waals surface area (Å²) < 4.78 is 10.3. The minimum absolute atomic E-state index is 0.163. The number of hydrogen-bond acceptors (Lipinski definition) is 4. The van der Waals surface area contributed by atoms with E-state index < -0.39 is 0 Å². The van der Waals surface area contributed by atoms with E-state index >= 15 is 0 Å². The molecule has 1 aromatic rings. The Labute approximate surface area is 108 Å². The van der Waals surface area contributed by atoms with Crippen molar-refractivity contribution in [2.45, 2.75) is 32.4 Å². The SMILES string of the molecule is CN[C@@H](Cc1ccc(OC(C)C)cc1)C(=O)OC. The van der Waals surface area contributed by atoms with Crippen molar-refractivity contribution in [1.82, 2.24) is 5.32 Å². The van der Waals surface area contributed by atoms with Gasteiger partial charge in [0, 0.05) is 0 Å².